The van der Waals surface area contributed by atoms with Crippen molar-refractivity contribution in [1.29, 1.82) is 0 Å². The van der Waals surface area contributed by atoms with Crippen LogP contribution in [-0.2, 0) is 16.1 Å². The molecule has 5 heteroatoms. The summed E-state index contributed by atoms with van der Waals surface area (Å²) in [5.41, 5.74) is 6.69. The second-order valence-electron chi connectivity index (χ2n) is 8.29. The number of hydroxylamine groups is 1. The molecule has 1 fully saturated rings. The van der Waals surface area contributed by atoms with Gasteiger partial charge >= 0.3 is 5.97 Å². The van der Waals surface area contributed by atoms with Gasteiger partial charge in [0.15, 0.2) is 0 Å². The van der Waals surface area contributed by atoms with E-state index in [1.165, 1.54) is 6.42 Å². The van der Waals surface area contributed by atoms with Crippen molar-refractivity contribution in [3.05, 3.63) is 28.3 Å². The molecule has 1 aliphatic heterocycles. The van der Waals surface area contributed by atoms with Crippen LogP contribution < -0.4 is 10.2 Å². The van der Waals surface area contributed by atoms with E-state index in [1.807, 2.05) is 6.92 Å². The number of rotatable bonds is 5. The van der Waals surface area contributed by atoms with Crippen LogP contribution in [0.2, 0.25) is 0 Å². The molecule has 25 heavy (non-hydrogen) atoms. The van der Waals surface area contributed by atoms with Crippen molar-refractivity contribution in [3.8, 4) is 5.75 Å². The van der Waals surface area contributed by atoms with Gasteiger partial charge in [0.05, 0.1) is 18.6 Å². The first-order valence-electron chi connectivity index (χ1n) is 9.03. The quantitative estimate of drug-likeness (QED) is 0.792. The highest BCUT2D eigenvalue weighted by atomic mass is 16.6. The third-order valence-electron chi connectivity index (χ3n) is 5.92. The molecule has 1 aromatic rings. The molecule has 1 spiro atoms. The zero-order chi connectivity index (χ0) is 18.4. The molecule has 1 aliphatic carbocycles. The summed E-state index contributed by atoms with van der Waals surface area (Å²) in [6.07, 6.45) is 4.76. The average molecular weight is 347 g/mol. The molecule has 0 aromatic heterocycles. The van der Waals surface area contributed by atoms with Crippen molar-refractivity contribution < 1.29 is 19.5 Å². The molecule has 1 aromatic carbocycles. The van der Waals surface area contributed by atoms with E-state index >= 15 is 0 Å². The third kappa shape index (κ3) is 3.15. The molecule has 2 N–H and O–H groups in total. The fourth-order valence-electron chi connectivity index (χ4n) is 4.18. The minimum Gasteiger partial charge on any atom is -0.487 e. The first-order chi connectivity index (χ1) is 11.7. The van der Waals surface area contributed by atoms with Crippen molar-refractivity contribution in [2.75, 3.05) is 7.11 Å². The molecule has 2 aliphatic rings. The monoisotopic (exact) mass is 347 g/mol. The van der Waals surface area contributed by atoms with Crippen LogP contribution in [0, 0.1) is 19.3 Å². The molecule has 1 saturated carbocycles. The van der Waals surface area contributed by atoms with Gasteiger partial charge in [-0.05, 0) is 76.1 Å². The largest absolute Gasteiger partial charge is 0.487 e. The molecule has 3 rings (SSSR count). The maximum atomic E-state index is 11.6. The molecule has 5 nitrogen and oxygen atoms in total. The number of carboxylic acids is 1. The van der Waals surface area contributed by atoms with Crippen LogP contribution in [0.4, 0.5) is 0 Å². The zero-order valence-electron chi connectivity index (χ0n) is 15.9. The van der Waals surface area contributed by atoms with Crippen LogP contribution >= 0.6 is 0 Å². The maximum Gasteiger partial charge on any atom is 0.309 e. The lowest BCUT2D eigenvalue weighted by atomic mass is 9.71. The SMILES string of the molecule is CONC1CC2(CCC2)Oc2cc(C)c(CC(C)(C)C(=O)O)c(C)c21. The summed E-state index contributed by atoms with van der Waals surface area (Å²) in [4.78, 5) is 16.8. The number of ether oxygens (including phenoxy) is 1. The number of aryl methyl sites for hydroxylation is 1. The third-order valence-corrected chi connectivity index (χ3v) is 5.92. The lowest BCUT2D eigenvalue weighted by molar-refractivity contribution is -0.146. The Morgan fingerprint density at radius 1 is 1.44 bits per heavy atom. The molecule has 1 unspecified atom stereocenters. The maximum absolute atomic E-state index is 11.6. The first kappa shape index (κ1) is 18.2. The fraction of sp³-hybridized carbons (Fsp3) is 0.650. The number of hydrogen-bond donors (Lipinski definition) is 2. The van der Waals surface area contributed by atoms with E-state index in [-0.39, 0.29) is 11.6 Å². The van der Waals surface area contributed by atoms with Crippen molar-refractivity contribution in [1.82, 2.24) is 5.48 Å². The van der Waals surface area contributed by atoms with Crippen molar-refractivity contribution in [3.63, 3.8) is 0 Å². The van der Waals surface area contributed by atoms with Gasteiger partial charge in [0.1, 0.15) is 11.4 Å². The first-order valence-corrected chi connectivity index (χ1v) is 9.03. The van der Waals surface area contributed by atoms with Crippen molar-refractivity contribution >= 4 is 5.97 Å². The summed E-state index contributed by atoms with van der Waals surface area (Å²) in [6, 6.07) is 2.15. The van der Waals surface area contributed by atoms with E-state index in [4.69, 9.17) is 9.57 Å². The Hall–Kier alpha value is -1.59. The van der Waals surface area contributed by atoms with Crippen LogP contribution in [0.5, 0.6) is 5.75 Å². The molecule has 138 valence electrons. The fourth-order valence-corrected chi connectivity index (χ4v) is 4.18. The Morgan fingerprint density at radius 3 is 2.64 bits per heavy atom. The van der Waals surface area contributed by atoms with E-state index < -0.39 is 11.4 Å². The Balaban J connectivity index is 2.05. The highest BCUT2D eigenvalue weighted by Gasteiger charge is 2.46. The standard InChI is InChI=1S/C20H29NO4/c1-12-9-16-17(13(2)14(12)10-19(3,4)18(22)23)15(21-24-5)11-20(25-16)7-6-8-20/h9,15,21H,6-8,10-11H2,1-5H3,(H,22,23). The van der Waals surface area contributed by atoms with Gasteiger partial charge in [0.2, 0.25) is 0 Å². The number of benzene rings is 1. The molecule has 1 heterocycles. The zero-order valence-corrected chi connectivity index (χ0v) is 15.9. The van der Waals surface area contributed by atoms with E-state index in [2.05, 4.69) is 18.5 Å². The summed E-state index contributed by atoms with van der Waals surface area (Å²) in [5.74, 6) is 0.146. The summed E-state index contributed by atoms with van der Waals surface area (Å²) >= 11 is 0. The summed E-state index contributed by atoms with van der Waals surface area (Å²) in [5, 5.41) is 9.51. The molecule has 0 bridgehead atoms. The second kappa shape index (κ2) is 6.29. The molecule has 0 saturated heterocycles. The van der Waals surface area contributed by atoms with Crippen LogP contribution in [-0.4, -0.2) is 23.8 Å². The Labute approximate surface area is 149 Å². The second-order valence-corrected chi connectivity index (χ2v) is 8.29. The van der Waals surface area contributed by atoms with Crippen LogP contribution in [0.25, 0.3) is 0 Å². The van der Waals surface area contributed by atoms with Gasteiger partial charge in [-0.15, -0.1) is 0 Å². The van der Waals surface area contributed by atoms with Gasteiger partial charge in [0, 0.05) is 12.0 Å². The van der Waals surface area contributed by atoms with Gasteiger partial charge < -0.3 is 14.7 Å². The summed E-state index contributed by atoms with van der Waals surface area (Å²) in [6.45, 7) is 7.67. The molecular weight excluding hydrogens is 318 g/mol. The molecular formula is C20H29NO4. The van der Waals surface area contributed by atoms with Crippen LogP contribution in [0.3, 0.4) is 0 Å². The number of hydrogen-bond acceptors (Lipinski definition) is 4. The Bertz CT molecular complexity index is 691. The Morgan fingerprint density at radius 2 is 2.12 bits per heavy atom. The highest BCUT2D eigenvalue weighted by Crippen LogP contribution is 2.50. The lowest BCUT2D eigenvalue weighted by Gasteiger charge is -2.48. The number of fused-ring (bicyclic) bond motifs is 1. The smallest absolute Gasteiger partial charge is 0.309 e. The minimum absolute atomic E-state index is 0.0655. The number of nitrogens with one attached hydrogen (secondary N) is 1. The van der Waals surface area contributed by atoms with Crippen molar-refractivity contribution in [2.24, 2.45) is 5.41 Å². The number of carboxylic acid groups (broad SMARTS) is 1. The topological polar surface area (TPSA) is 67.8 Å². The van der Waals surface area contributed by atoms with Gasteiger partial charge in [-0.1, -0.05) is 0 Å². The average Bonchev–Trinajstić information content (AvgIpc) is 2.49. The molecule has 0 radical (unpaired) electrons. The van der Waals surface area contributed by atoms with E-state index in [0.717, 1.165) is 47.3 Å². The predicted octanol–water partition coefficient (Wildman–Crippen LogP) is 3.85. The number of carbonyl (C=O) groups is 1. The summed E-state index contributed by atoms with van der Waals surface area (Å²) < 4.78 is 6.41. The predicted molar refractivity (Wildman–Crippen MR) is 95.7 cm³/mol. The number of aliphatic carboxylic acids is 1. The van der Waals surface area contributed by atoms with Crippen LogP contribution in [0.1, 0.15) is 67.8 Å². The van der Waals surface area contributed by atoms with Gasteiger partial charge in [-0.2, -0.15) is 5.48 Å². The lowest BCUT2D eigenvalue weighted by Crippen LogP contribution is -2.49. The minimum atomic E-state index is -0.807. The van der Waals surface area contributed by atoms with Crippen LogP contribution in [0.15, 0.2) is 6.07 Å². The summed E-state index contributed by atoms with van der Waals surface area (Å²) in [7, 11) is 1.64. The van der Waals surface area contributed by atoms with Gasteiger partial charge in [0.25, 0.3) is 0 Å². The molecule has 0 amide bonds. The highest BCUT2D eigenvalue weighted by molar-refractivity contribution is 5.74. The van der Waals surface area contributed by atoms with E-state index in [1.54, 1.807) is 21.0 Å². The Kier molecular flexibility index (Phi) is 4.58. The normalized spacial score (nSPS) is 21.4. The van der Waals surface area contributed by atoms with Gasteiger partial charge in [-0.3, -0.25) is 4.79 Å². The van der Waals surface area contributed by atoms with Gasteiger partial charge in [-0.25, -0.2) is 0 Å². The molecule has 1 atom stereocenters. The van der Waals surface area contributed by atoms with E-state index in [9.17, 15) is 9.90 Å². The van der Waals surface area contributed by atoms with E-state index in [0.29, 0.717) is 6.42 Å². The van der Waals surface area contributed by atoms with Crippen molar-refractivity contribution in [2.45, 2.75) is 71.4 Å².